The van der Waals surface area contributed by atoms with E-state index in [-0.39, 0.29) is 11.4 Å². The number of carbonyl (C=O) groups is 2. The Labute approximate surface area is 103 Å². The van der Waals surface area contributed by atoms with Gasteiger partial charge in [-0.05, 0) is 12.0 Å². The summed E-state index contributed by atoms with van der Waals surface area (Å²) in [5.41, 5.74) is 8.24. The first-order valence-corrected chi connectivity index (χ1v) is 5.44. The fourth-order valence-corrected chi connectivity index (χ4v) is 1.78. The molecule has 1 aromatic rings. The SMILES string of the molecule is NC(=O)C(O)(C(N)=O)c1ccccc1CCCl. The van der Waals surface area contributed by atoms with Crippen LogP contribution in [0.4, 0.5) is 0 Å². The molecule has 0 spiro atoms. The molecule has 1 rings (SSSR count). The topological polar surface area (TPSA) is 106 Å². The quantitative estimate of drug-likeness (QED) is 0.494. The number of carbonyl (C=O) groups excluding carboxylic acids is 2. The first-order chi connectivity index (χ1) is 7.94. The fourth-order valence-electron chi connectivity index (χ4n) is 1.58. The number of aliphatic hydroxyl groups is 1. The van der Waals surface area contributed by atoms with Crippen molar-refractivity contribution in [1.82, 2.24) is 0 Å². The maximum atomic E-state index is 11.3. The first-order valence-electron chi connectivity index (χ1n) is 4.91. The van der Waals surface area contributed by atoms with Gasteiger partial charge in [0.1, 0.15) is 0 Å². The molecule has 0 aliphatic rings. The Morgan fingerprint density at radius 2 is 1.76 bits per heavy atom. The van der Waals surface area contributed by atoms with Crippen molar-refractivity contribution >= 4 is 23.4 Å². The molecule has 0 fully saturated rings. The van der Waals surface area contributed by atoms with Crippen LogP contribution in [0.2, 0.25) is 0 Å². The van der Waals surface area contributed by atoms with Crippen molar-refractivity contribution in [3.63, 3.8) is 0 Å². The predicted octanol–water partition coefficient (Wildman–Crippen LogP) is -0.374. The summed E-state index contributed by atoms with van der Waals surface area (Å²) >= 11 is 5.60. The molecule has 6 heteroatoms. The van der Waals surface area contributed by atoms with E-state index >= 15 is 0 Å². The Bertz CT molecular complexity index is 434. The van der Waals surface area contributed by atoms with Gasteiger partial charge in [0, 0.05) is 11.4 Å². The minimum absolute atomic E-state index is 0.0839. The second-order valence-corrected chi connectivity index (χ2v) is 3.91. The molecule has 0 saturated carbocycles. The molecule has 0 bridgehead atoms. The van der Waals surface area contributed by atoms with Crippen LogP contribution in [-0.2, 0) is 21.6 Å². The molecule has 0 atom stereocenters. The molecule has 1 aromatic carbocycles. The highest BCUT2D eigenvalue weighted by molar-refractivity contribution is 6.18. The summed E-state index contributed by atoms with van der Waals surface area (Å²) in [5, 5.41) is 10.1. The number of alkyl halides is 1. The van der Waals surface area contributed by atoms with Crippen molar-refractivity contribution in [2.75, 3.05) is 5.88 Å². The number of aryl methyl sites for hydroxylation is 1. The maximum Gasteiger partial charge on any atom is 0.264 e. The highest BCUT2D eigenvalue weighted by atomic mass is 35.5. The zero-order chi connectivity index (χ0) is 13.1. The van der Waals surface area contributed by atoms with Gasteiger partial charge in [0.05, 0.1) is 0 Å². The third-order valence-corrected chi connectivity index (χ3v) is 2.67. The Morgan fingerprint density at radius 3 is 2.24 bits per heavy atom. The average molecular weight is 257 g/mol. The van der Waals surface area contributed by atoms with E-state index in [9.17, 15) is 14.7 Å². The zero-order valence-corrected chi connectivity index (χ0v) is 9.78. The standard InChI is InChI=1S/C11H13ClN2O3/c12-6-5-7-3-1-2-4-8(7)11(17,9(13)15)10(14)16/h1-4,17H,5-6H2,(H2,13,15)(H2,14,16). The minimum atomic E-state index is -2.50. The molecular formula is C11H13ClN2O3. The summed E-state index contributed by atoms with van der Waals surface area (Å²) in [6.45, 7) is 0. The molecule has 0 aromatic heterocycles. The van der Waals surface area contributed by atoms with Crippen LogP contribution in [0.1, 0.15) is 11.1 Å². The van der Waals surface area contributed by atoms with Gasteiger partial charge in [0.15, 0.2) is 0 Å². The predicted molar refractivity (Wildman–Crippen MR) is 63.2 cm³/mol. The molecule has 0 aliphatic heterocycles. The largest absolute Gasteiger partial charge is 0.368 e. The fraction of sp³-hybridized carbons (Fsp3) is 0.273. The summed E-state index contributed by atoms with van der Waals surface area (Å²) in [7, 11) is 0. The molecule has 0 unspecified atom stereocenters. The maximum absolute atomic E-state index is 11.3. The second kappa shape index (κ2) is 5.16. The molecule has 0 heterocycles. The van der Waals surface area contributed by atoms with Gasteiger partial charge in [-0.2, -0.15) is 0 Å². The van der Waals surface area contributed by atoms with E-state index in [1.807, 2.05) is 0 Å². The minimum Gasteiger partial charge on any atom is -0.368 e. The number of hydrogen-bond acceptors (Lipinski definition) is 3. The number of rotatable bonds is 5. The van der Waals surface area contributed by atoms with Crippen molar-refractivity contribution in [3.8, 4) is 0 Å². The monoisotopic (exact) mass is 256 g/mol. The van der Waals surface area contributed by atoms with E-state index in [1.165, 1.54) is 6.07 Å². The normalized spacial score (nSPS) is 11.2. The highest BCUT2D eigenvalue weighted by Gasteiger charge is 2.43. The summed E-state index contributed by atoms with van der Waals surface area (Å²) in [6, 6.07) is 6.35. The van der Waals surface area contributed by atoms with Crippen LogP contribution in [0.5, 0.6) is 0 Å². The third kappa shape index (κ3) is 2.40. The van der Waals surface area contributed by atoms with Gasteiger partial charge >= 0.3 is 0 Å². The Balaban J connectivity index is 3.38. The van der Waals surface area contributed by atoms with E-state index < -0.39 is 17.4 Å². The Morgan fingerprint density at radius 1 is 1.24 bits per heavy atom. The lowest BCUT2D eigenvalue weighted by Crippen LogP contribution is -2.51. The number of nitrogens with two attached hydrogens (primary N) is 2. The summed E-state index contributed by atoms with van der Waals surface area (Å²) < 4.78 is 0. The van der Waals surface area contributed by atoms with Crippen LogP contribution in [0, 0.1) is 0 Å². The number of primary amides is 2. The lowest BCUT2D eigenvalue weighted by molar-refractivity contribution is -0.150. The molecule has 0 saturated heterocycles. The molecule has 2 amide bonds. The Kier molecular flexibility index (Phi) is 4.09. The lowest BCUT2D eigenvalue weighted by atomic mass is 9.87. The molecular weight excluding hydrogens is 244 g/mol. The van der Waals surface area contributed by atoms with Gasteiger partial charge in [-0.25, -0.2) is 0 Å². The van der Waals surface area contributed by atoms with E-state index in [0.717, 1.165) is 0 Å². The van der Waals surface area contributed by atoms with Crippen LogP contribution in [0.15, 0.2) is 24.3 Å². The van der Waals surface area contributed by atoms with Crippen molar-refractivity contribution in [2.24, 2.45) is 11.5 Å². The molecule has 5 nitrogen and oxygen atoms in total. The van der Waals surface area contributed by atoms with Crippen molar-refractivity contribution < 1.29 is 14.7 Å². The third-order valence-electron chi connectivity index (χ3n) is 2.48. The lowest BCUT2D eigenvalue weighted by Gasteiger charge is -2.23. The van der Waals surface area contributed by atoms with Crippen LogP contribution < -0.4 is 11.5 Å². The van der Waals surface area contributed by atoms with E-state index in [0.29, 0.717) is 12.0 Å². The van der Waals surface area contributed by atoms with E-state index in [1.54, 1.807) is 18.2 Å². The Hall–Kier alpha value is -1.59. The van der Waals surface area contributed by atoms with Crippen LogP contribution in [-0.4, -0.2) is 22.8 Å². The first kappa shape index (κ1) is 13.5. The van der Waals surface area contributed by atoms with Crippen LogP contribution >= 0.6 is 11.6 Å². The highest BCUT2D eigenvalue weighted by Crippen LogP contribution is 2.25. The molecule has 92 valence electrons. The van der Waals surface area contributed by atoms with Crippen LogP contribution in [0.3, 0.4) is 0 Å². The summed E-state index contributed by atoms with van der Waals surface area (Å²) in [5.74, 6) is -2.12. The summed E-state index contributed by atoms with van der Waals surface area (Å²) in [4.78, 5) is 22.5. The molecule has 5 N–H and O–H groups in total. The number of benzene rings is 1. The van der Waals surface area contributed by atoms with E-state index in [2.05, 4.69) is 0 Å². The van der Waals surface area contributed by atoms with Gasteiger partial charge in [-0.15, -0.1) is 11.6 Å². The molecule has 0 radical (unpaired) electrons. The van der Waals surface area contributed by atoms with Gasteiger partial charge in [-0.3, -0.25) is 9.59 Å². The molecule has 0 aliphatic carbocycles. The van der Waals surface area contributed by atoms with Gasteiger partial charge < -0.3 is 16.6 Å². The number of hydrogen-bond donors (Lipinski definition) is 3. The van der Waals surface area contributed by atoms with Gasteiger partial charge in [0.25, 0.3) is 11.8 Å². The summed E-state index contributed by atoms with van der Waals surface area (Å²) in [6.07, 6.45) is 0.389. The van der Waals surface area contributed by atoms with E-state index in [4.69, 9.17) is 23.1 Å². The van der Waals surface area contributed by atoms with Crippen LogP contribution in [0.25, 0.3) is 0 Å². The average Bonchev–Trinajstić information content (AvgIpc) is 2.28. The number of halogens is 1. The smallest absolute Gasteiger partial charge is 0.264 e. The second-order valence-electron chi connectivity index (χ2n) is 3.54. The van der Waals surface area contributed by atoms with Gasteiger partial charge in [-0.1, -0.05) is 24.3 Å². The van der Waals surface area contributed by atoms with Crippen molar-refractivity contribution in [2.45, 2.75) is 12.0 Å². The van der Waals surface area contributed by atoms with Crippen molar-refractivity contribution in [3.05, 3.63) is 35.4 Å². The molecule has 17 heavy (non-hydrogen) atoms. The number of amides is 2. The van der Waals surface area contributed by atoms with Gasteiger partial charge in [0.2, 0.25) is 5.60 Å². The van der Waals surface area contributed by atoms with Crippen molar-refractivity contribution in [1.29, 1.82) is 0 Å². The zero-order valence-electron chi connectivity index (χ0n) is 9.02.